The van der Waals surface area contributed by atoms with Crippen molar-refractivity contribution in [1.29, 1.82) is 0 Å². The van der Waals surface area contributed by atoms with Gasteiger partial charge < -0.3 is 0 Å². The molecule has 0 saturated heterocycles. The molecule has 0 fully saturated rings. The number of rotatable bonds is 1. The first-order valence-corrected chi connectivity index (χ1v) is 5.00. The number of aryl methyl sites for hydroxylation is 1. The SMILES string of the molecule is Cc1cc(C(F)F)nc(I)c1Br. The Morgan fingerprint density at radius 1 is 1.58 bits per heavy atom. The third-order valence-corrected chi connectivity index (χ3v) is 3.87. The van der Waals surface area contributed by atoms with Crippen molar-refractivity contribution in [1.82, 2.24) is 4.98 Å². The van der Waals surface area contributed by atoms with Gasteiger partial charge in [-0.05, 0) is 57.1 Å². The molecule has 0 radical (unpaired) electrons. The monoisotopic (exact) mass is 347 g/mol. The van der Waals surface area contributed by atoms with E-state index in [4.69, 9.17) is 0 Å². The standard InChI is InChI=1S/C7H5BrF2IN/c1-3-2-4(6(9)10)12-7(11)5(3)8/h2,6H,1H3. The lowest BCUT2D eigenvalue weighted by Gasteiger charge is -2.04. The lowest BCUT2D eigenvalue weighted by molar-refractivity contribution is 0.145. The summed E-state index contributed by atoms with van der Waals surface area (Å²) in [5.41, 5.74) is 0.616. The van der Waals surface area contributed by atoms with Gasteiger partial charge in [-0.15, -0.1) is 0 Å². The third kappa shape index (κ3) is 2.12. The summed E-state index contributed by atoms with van der Waals surface area (Å²) >= 11 is 5.17. The van der Waals surface area contributed by atoms with Crippen LogP contribution in [-0.2, 0) is 0 Å². The first kappa shape index (κ1) is 10.3. The third-order valence-electron chi connectivity index (χ3n) is 1.34. The fraction of sp³-hybridized carbons (Fsp3) is 0.286. The number of alkyl halides is 2. The maximum Gasteiger partial charge on any atom is 0.280 e. The number of aromatic nitrogens is 1. The molecule has 12 heavy (non-hydrogen) atoms. The molecule has 1 nitrogen and oxygen atoms in total. The molecule has 1 heterocycles. The molecule has 5 heteroatoms. The molecule has 66 valence electrons. The van der Waals surface area contributed by atoms with Crippen molar-refractivity contribution in [3.8, 4) is 0 Å². The van der Waals surface area contributed by atoms with E-state index in [0.29, 0.717) is 3.70 Å². The molecule has 0 N–H and O–H groups in total. The molecule has 1 aromatic rings. The zero-order chi connectivity index (χ0) is 9.30. The Morgan fingerprint density at radius 2 is 2.17 bits per heavy atom. The second-order valence-corrected chi connectivity index (χ2v) is 4.08. The van der Waals surface area contributed by atoms with Crippen molar-refractivity contribution < 1.29 is 8.78 Å². The van der Waals surface area contributed by atoms with Crippen LogP contribution in [0.3, 0.4) is 0 Å². The molecule has 0 saturated carbocycles. The summed E-state index contributed by atoms with van der Waals surface area (Å²) in [6.45, 7) is 1.76. The summed E-state index contributed by atoms with van der Waals surface area (Å²) in [6.07, 6.45) is -2.50. The first-order valence-electron chi connectivity index (χ1n) is 3.13. The second kappa shape index (κ2) is 3.95. The van der Waals surface area contributed by atoms with E-state index < -0.39 is 6.43 Å². The van der Waals surface area contributed by atoms with Gasteiger partial charge in [0.1, 0.15) is 9.39 Å². The van der Waals surface area contributed by atoms with Gasteiger partial charge in [0.2, 0.25) is 0 Å². The van der Waals surface area contributed by atoms with E-state index in [1.807, 2.05) is 22.6 Å². The largest absolute Gasteiger partial charge is 0.280 e. The Bertz CT molecular complexity index is 280. The van der Waals surface area contributed by atoms with Crippen molar-refractivity contribution in [3.63, 3.8) is 0 Å². The van der Waals surface area contributed by atoms with Crippen LogP contribution in [0.2, 0.25) is 0 Å². The molecule has 0 bridgehead atoms. The van der Waals surface area contributed by atoms with Gasteiger partial charge in [-0.1, -0.05) is 0 Å². The molecular weight excluding hydrogens is 343 g/mol. The Labute approximate surface area is 90.8 Å². The molecule has 0 aliphatic carbocycles. The highest BCUT2D eigenvalue weighted by Gasteiger charge is 2.12. The van der Waals surface area contributed by atoms with Gasteiger partial charge in [-0.3, -0.25) is 0 Å². The van der Waals surface area contributed by atoms with Crippen molar-refractivity contribution in [2.24, 2.45) is 0 Å². The minimum atomic E-state index is -2.50. The van der Waals surface area contributed by atoms with Gasteiger partial charge in [0.05, 0.1) is 4.47 Å². The van der Waals surface area contributed by atoms with Crippen LogP contribution >= 0.6 is 38.5 Å². The van der Waals surface area contributed by atoms with Crippen LogP contribution in [0.1, 0.15) is 17.7 Å². The molecule has 1 aromatic heterocycles. The van der Waals surface area contributed by atoms with E-state index >= 15 is 0 Å². The quantitative estimate of drug-likeness (QED) is 0.557. The van der Waals surface area contributed by atoms with Crippen molar-refractivity contribution in [2.45, 2.75) is 13.3 Å². The molecule has 0 aromatic carbocycles. The summed E-state index contributed by atoms with van der Waals surface area (Å²) in [7, 11) is 0. The van der Waals surface area contributed by atoms with Crippen LogP contribution in [0.15, 0.2) is 10.5 Å². The lowest BCUT2D eigenvalue weighted by atomic mass is 10.2. The Kier molecular flexibility index (Phi) is 3.39. The molecular formula is C7H5BrF2IN. The first-order chi connectivity index (χ1) is 5.52. The smallest absolute Gasteiger partial charge is 0.240 e. The van der Waals surface area contributed by atoms with Gasteiger partial charge in [-0.2, -0.15) is 0 Å². The van der Waals surface area contributed by atoms with Crippen LogP contribution in [0.25, 0.3) is 0 Å². The van der Waals surface area contributed by atoms with E-state index in [0.717, 1.165) is 10.0 Å². The number of halogens is 4. The van der Waals surface area contributed by atoms with Crippen LogP contribution in [0.4, 0.5) is 8.78 Å². The number of hydrogen-bond donors (Lipinski definition) is 0. The van der Waals surface area contributed by atoms with Crippen LogP contribution in [-0.4, -0.2) is 4.98 Å². The van der Waals surface area contributed by atoms with Gasteiger partial charge in [0.15, 0.2) is 0 Å². The minimum Gasteiger partial charge on any atom is -0.240 e. The summed E-state index contributed by atoms with van der Waals surface area (Å²) in [5, 5.41) is 0. The molecule has 1 rings (SSSR count). The topological polar surface area (TPSA) is 12.9 Å². The molecule has 0 aliphatic rings. The Hall–Kier alpha value is 0.220. The highest BCUT2D eigenvalue weighted by Crippen LogP contribution is 2.26. The average molecular weight is 348 g/mol. The van der Waals surface area contributed by atoms with Crippen LogP contribution < -0.4 is 0 Å². The van der Waals surface area contributed by atoms with Gasteiger partial charge >= 0.3 is 0 Å². The fourth-order valence-corrected chi connectivity index (χ4v) is 1.66. The van der Waals surface area contributed by atoms with Crippen molar-refractivity contribution >= 4 is 38.5 Å². The summed E-state index contributed by atoms with van der Waals surface area (Å²) in [4.78, 5) is 3.72. The van der Waals surface area contributed by atoms with Gasteiger partial charge in [0, 0.05) is 0 Å². The van der Waals surface area contributed by atoms with Crippen molar-refractivity contribution in [3.05, 3.63) is 25.5 Å². The molecule has 0 amide bonds. The summed E-state index contributed by atoms with van der Waals surface area (Å²) in [6, 6.07) is 1.39. The summed E-state index contributed by atoms with van der Waals surface area (Å²) < 4.78 is 25.7. The Morgan fingerprint density at radius 3 is 2.58 bits per heavy atom. The number of hydrogen-bond acceptors (Lipinski definition) is 1. The summed E-state index contributed by atoms with van der Waals surface area (Å²) in [5.74, 6) is 0. The number of pyridine rings is 1. The molecule has 0 aliphatic heterocycles. The molecule has 0 atom stereocenters. The van der Waals surface area contributed by atoms with Crippen LogP contribution in [0, 0.1) is 10.6 Å². The minimum absolute atomic E-state index is 0.167. The van der Waals surface area contributed by atoms with Crippen molar-refractivity contribution in [2.75, 3.05) is 0 Å². The average Bonchev–Trinajstić information content (AvgIpc) is 1.99. The van der Waals surface area contributed by atoms with Gasteiger partial charge in [-0.25, -0.2) is 13.8 Å². The highest BCUT2D eigenvalue weighted by atomic mass is 127. The second-order valence-electron chi connectivity index (χ2n) is 2.27. The Balaban J connectivity index is 3.21. The van der Waals surface area contributed by atoms with E-state index in [2.05, 4.69) is 20.9 Å². The molecule has 0 unspecified atom stereocenters. The maximum atomic E-state index is 12.2. The van der Waals surface area contributed by atoms with Gasteiger partial charge in [0.25, 0.3) is 6.43 Å². The lowest BCUT2D eigenvalue weighted by Crippen LogP contribution is -1.95. The fourth-order valence-electron chi connectivity index (χ4n) is 0.754. The number of nitrogens with zero attached hydrogens (tertiary/aromatic N) is 1. The zero-order valence-electron chi connectivity index (χ0n) is 6.11. The van der Waals surface area contributed by atoms with E-state index in [1.54, 1.807) is 6.92 Å². The maximum absolute atomic E-state index is 12.2. The molecule has 0 spiro atoms. The van der Waals surface area contributed by atoms with E-state index in [-0.39, 0.29) is 5.69 Å². The predicted octanol–water partition coefficient (Wildman–Crippen LogP) is 3.69. The predicted molar refractivity (Wildman–Crippen MR) is 54.3 cm³/mol. The highest BCUT2D eigenvalue weighted by molar-refractivity contribution is 14.1. The zero-order valence-corrected chi connectivity index (χ0v) is 9.86. The van der Waals surface area contributed by atoms with Crippen LogP contribution in [0.5, 0.6) is 0 Å². The van der Waals surface area contributed by atoms with E-state index in [1.165, 1.54) is 6.07 Å². The van der Waals surface area contributed by atoms with E-state index in [9.17, 15) is 8.78 Å². The normalized spacial score (nSPS) is 10.8.